The van der Waals surface area contributed by atoms with Gasteiger partial charge < -0.3 is 9.74 Å². The summed E-state index contributed by atoms with van der Waals surface area (Å²) in [6.07, 6.45) is 2.27. The summed E-state index contributed by atoms with van der Waals surface area (Å²) in [5, 5.41) is 1.73. The maximum atomic E-state index is 12.7. The molecule has 0 aliphatic carbocycles. The predicted octanol–water partition coefficient (Wildman–Crippen LogP) is 3.48. The second-order valence-corrected chi connectivity index (χ2v) is 8.24. The van der Waals surface area contributed by atoms with Gasteiger partial charge in [0.2, 0.25) is 5.91 Å². The molecule has 0 saturated carbocycles. The minimum Gasteiger partial charge on any atom is -0.367 e. The molecule has 1 amide bonds. The highest BCUT2D eigenvalue weighted by molar-refractivity contribution is 5.96. The molecule has 1 atom stereocenters. The lowest BCUT2D eigenvalue weighted by atomic mass is 9.97. The number of hydrogen-bond donors (Lipinski definition) is 0. The molecule has 2 heterocycles. The molecule has 0 spiro atoms. The Morgan fingerprint density at radius 2 is 1.77 bits per heavy atom. The fraction of sp³-hybridized carbons (Fsp3) is 0.524. The lowest BCUT2D eigenvalue weighted by Gasteiger charge is -2.39. The zero-order valence-electron chi connectivity index (χ0n) is 15.9. The van der Waals surface area contributed by atoms with Crippen molar-refractivity contribution in [2.75, 3.05) is 13.1 Å². The van der Waals surface area contributed by atoms with Crippen LogP contribution in [-0.4, -0.2) is 41.0 Å². The number of carbonyl (C=O) groups excluding carboxylic acids is 2. The summed E-state index contributed by atoms with van der Waals surface area (Å²) < 4.78 is 0. The van der Waals surface area contributed by atoms with E-state index in [-0.39, 0.29) is 24.0 Å². The van der Waals surface area contributed by atoms with Crippen LogP contribution < -0.4 is 0 Å². The van der Waals surface area contributed by atoms with E-state index in [1.807, 2.05) is 43.9 Å². The molecule has 0 radical (unpaired) electrons. The van der Waals surface area contributed by atoms with Crippen LogP contribution in [0.2, 0.25) is 0 Å². The second kappa shape index (κ2) is 7.23. The summed E-state index contributed by atoms with van der Waals surface area (Å²) in [5.74, 6) is -0.160. The van der Waals surface area contributed by atoms with Crippen LogP contribution in [0, 0.1) is 5.41 Å². The maximum Gasteiger partial charge on any atom is 0.330 e. The highest BCUT2D eigenvalue weighted by Gasteiger charge is 2.41. The third-order valence-electron chi connectivity index (χ3n) is 5.14. The summed E-state index contributed by atoms with van der Waals surface area (Å²) in [5.41, 5.74) is 1.32. The average molecular weight is 356 g/mol. The van der Waals surface area contributed by atoms with Crippen molar-refractivity contribution in [2.24, 2.45) is 5.41 Å². The quantitative estimate of drug-likeness (QED) is 0.778. The highest BCUT2D eigenvalue weighted by atomic mass is 16.7. The van der Waals surface area contributed by atoms with Crippen LogP contribution >= 0.6 is 0 Å². The van der Waals surface area contributed by atoms with Crippen molar-refractivity contribution in [1.82, 2.24) is 9.96 Å². The van der Waals surface area contributed by atoms with Gasteiger partial charge in [-0.1, -0.05) is 36.9 Å². The molecule has 26 heavy (non-hydrogen) atoms. The molecule has 0 N–H and O–H groups in total. The molecule has 5 heteroatoms. The van der Waals surface area contributed by atoms with Gasteiger partial charge in [0.05, 0.1) is 11.5 Å². The van der Waals surface area contributed by atoms with E-state index in [1.165, 1.54) is 0 Å². The van der Waals surface area contributed by atoms with Crippen LogP contribution in [0.3, 0.4) is 0 Å². The predicted molar refractivity (Wildman–Crippen MR) is 99.9 cm³/mol. The van der Waals surface area contributed by atoms with Gasteiger partial charge >= 0.3 is 5.97 Å². The van der Waals surface area contributed by atoms with E-state index in [0.29, 0.717) is 25.1 Å². The molecule has 2 saturated heterocycles. The van der Waals surface area contributed by atoms with E-state index in [4.69, 9.17) is 4.84 Å². The Morgan fingerprint density at radius 3 is 2.35 bits per heavy atom. The van der Waals surface area contributed by atoms with E-state index in [2.05, 4.69) is 18.7 Å². The molecular formula is C21H28N2O3. The van der Waals surface area contributed by atoms with Gasteiger partial charge in [-0.2, -0.15) is 0 Å². The van der Waals surface area contributed by atoms with Crippen LogP contribution in [0.1, 0.15) is 51.6 Å². The number of hydroxylamine groups is 2. The standard InChI is InChI=1S/C21H28N2O3/c1-15-14-18(16-8-6-5-7-9-16)23(19(15)24)17-10-12-22(13-11-17)26-20(25)21(2,3)4/h5-9,17-18H,1,10-14H2,2-4H3. The minimum absolute atomic E-state index is 0.0592. The van der Waals surface area contributed by atoms with Crippen molar-refractivity contribution >= 4 is 11.9 Å². The lowest BCUT2D eigenvalue weighted by Crippen LogP contribution is -2.47. The number of amides is 1. The molecule has 3 rings (SSSR count). The van der Waals surface area contributed by atoms with Gasteiger partial charge in [-0.15, -0.1) is 5.06 Å². The average Bonchev–Trinajstić information content (AvgIpc) is 2.91. The van der Waals surface area contributed by atoms with Gasteiger partial charge in [-0.05, 0) is 39.2 Å². The zero-order valence-corrected chi connectivity index (χ0v) is 15.9. The Balaban J connectivity index is 1.66. The fourth-order valence-corrected chi connectivity index (χ4v) is 3.58. The van der Waals surface area contributed by atoms with Crippen molar-refractivity contribution in [3.05, 3.63) is 48.0 Å². The molecular weight excluding hydrogens is 328 g/mol. The number of hydrogen-bond acceptors (Lipinski definition) is 4. The number of likely N-dealkylation sites (tertiary alicyclic amines) is 1. The summed E-state index contributed by atoms with van der Waals surface area (Å²) in [7, 11) is 0. The first-order chi connectivity index (χ1) is 12.3. The monoisotopic (exact) mass is 356 g/mol. The smallest absolute Gasteiger partial charge is 0.330 e. The van der Waals surface area contributed by atoms with Gasteiger partial charge in [0.15, 0.2) is 0 Å². The van der Waals surface area contributed by atoms with Crippen LogP contribution in [0.4, 0.5) is 0 Å². The third-order valence-corrected chi connectivity index (χ3v) is 5.14. The Bertz CT molecular complexity index is 685. The fourth-order valence-electron chi connectivity index (χ4n) is 3.58. The van der Waals surface area contributed by atoms with Crippen molar-refractivity contribution in [1.29, 1.82) is 0 Å². The van der Waals surface area contributed by atoms with Crippen molar-refractivity contribution in [3.63, 3.8) is 0 Å². The third kappa shape index (κ3) is 3.83. The van der Waals surface area contributed by atoms with Gasteiger partial charge in [0.25, 0.3) is 0 Å². The van der Waals surface area contributed by atoms with Crippen molar-refractivity contribution < 1.29 is 14.4 Å². The van der Waals surface area contributed by atoms with Crippen LogP contribution in [-0.2, 0) is 14.4 Å². The molecule has 2 aliphatic rings. The molecule has 140 valence electrons. The number of rotatable bonds is 3. The van der Waals surface area contributed by atoms with Crippen LogP contribution in [0.5, 0.6) is 0 Å². The Hall–Kier alpha value is -2.14. The molecule has 0 bridgehead atoms. The first-order valence-electron chi connectivity index (χ1n) is 9.30. The van der Waals surface area contributed by atoms with Gasteiger partial charge in [0, 0.05) is 31.1 Å². The number of benzene rings is 1. The molecule has 2 aliphatic heterocycles. The number of carbonyl (C=O) groups is 2. The molecule has 0 aromatic heterocycles. The van der Waals surface area contributed by atoms with Gasteiger partial charge in [-0.25, -0.2) is 4.79 Å². The first kappa shape index (κ1) is 18.6. The van der Waals surface area contributed by atoms with Crippen molar-refractivity contribution in [3.8, 4) is 0 Å². The Labute approximate surface area is 155 Å². The summed E-state index contributed by atoms with van der Waals surface area (Å²) in [6, 6.07) is 10.4. The molecule has 1 unspecified atom stereocenters. The Morgan fingerprint density at radius 1 is 1.15 bits per heavy atom. The number of piperidine rings is 1. The first-order valence-corrected chi connectivity index (χ1v) is 9.30. The number of nitrogens with zero attached hydrogens (tertiary/aromatic N) is 2. The SMILES string of the molecule is C=C1CC(c2ccccc2)N(C2CCN(OC(=O)C(C)(C)C)CC2)C1=O. The van der Waals surface area contributed by atoms with Gasteiger partial charge in [-0.3, -0.25) is 4.79 Å². The maximum absolute atomic E-state index is 12.7. The van der Waals surface area contributed by atoms with Gasteiger partial charge in [0.1, 0.15) is 0 Å². The molecule has 2 fully saturated rings. The van der Waals surface area contributed by atoms with Crippen LogP contribution in [0.25, 0.3) is 0 Å². The topological polar surface area (TPSA) is 49.9 Å². The lowest BCUT2D eigenvalue weighted by molar-refractivity contribution is -0.206. The van der Waals surface area contributed by atoms with E-state index >= 15 is 0 Å². The van der Waals surface area contributed by atoms with E-state index in [9.17, 15) is 9.59 Å². The van der Waals surface area contributed by atoms with E-state index in [1.54, 1.807) is 5.06 Å². The molecule has 1 aromatic rings. The summed E-state index contributed by atoms with van der Waals surface area (Å²) in [4.78, 5) is 32.3. The van der Waals surface area contributed by atoms with Crippen LogP contribution in [0.15, 0.2) is 42.5 Å². The highest BCUT2D eigenvalue weighted by Crippen LogP contribution is 2.39. The van der Waals surface area contributed by atoms with E-state index < -0.39 is 5.41 Å². The van der Waals surface area contributed by atoms with Crippen molar-refractivity contribution in [2.45, 2.75) is 52.1 Å². The van der Waals surface area contributed by atoms with E-state index in [0.717, 1.165) is 18.4 Å². The normalized spacial score (nSPS) is 22.7. The Kier molecular flexibility index (Phi) is 5.19. The minimum atomic E-state index is -0.516. The second-order valence-electron chi connectivity index (χ2n) is 8.24. The summed E-state index contributed by atoms with van der Waals surface area (Å²) in [6.45, 7) is 10.8. The molecule has 5 nitrogen and oxygen atoms in total. The zero-order chi connectivity index (χ0) is 18.9. The molecule has 1 aromatic carbocycles. The largest absolute Gasteiger partial charge is 0.367 e. The summed E-state index contributed by atoms with van der Waals surface area (Å²) >= 11 is 0.